The average molecular weight is 669 g/mol. The first-order valence-electron chi connectivity index (χ1n) is 18.1. The van der Waals surface area contributed by atoms with Crippen LogP contribution in [0, 0.1) is 0 Å². The summed E-state index contributed by atoms with van der Waals surface area (Å²) in [5.74, 6) is 0. The average Bonchev–Trinajstić information content (AvgIpc) is 3.73. The second-order valence-electron chi connectivity index (χ2n) is 15.7. The predicted octanol–water partition coefficient (Wildman–Crippen LogP) is 14.3. The maximum absolute atomic E-state index is 2.46. The fourth-order valence-corrected chi connectivity index (χ4v) is 10.8. The lowest BCUT2D eigenvalue weighted by Gasteiger charge is -2.23. The van der Waals surface area contributed by atoms with Gasteiger partial charge in [-0.15, -0.1) is 11.3 Å². The molecule has 2 aliphatic carbocycles. The van der Waals surface area contributed by atoms with E-state index in [2.05, 4.69) is 173 Å². The van der Waals surface area contributed by atoms with Crippen LogP contribution < -0.4 is 0 Å². The lowest BCUT2D eigenvalue weighted by molar-refractivity contribution is 0.659. The van der Waals surface area contributed by atoms with Crippen molar-refractivity contribution in [2.45, 2.75) is 38.5 Å². The number of hydrogen-bond acceptors (Lipinski definition) is 1. The third-order valence-corrected chi connectivity index (χ3v) is 13.5. The monoisotopic (exact) mass is 668 g/mol. The minimum absolute atomic E-state index is 0.0104. The van der Waals surface area contributed by atoms with E-state index in [4.69, 9.17) is 0 Å². The summed E-state index contributed by atoms with van der Waals surface area (Å²) in [4.78, 5) is 0. The van der Waals surface area contributed by atoms with Gasteiger partial charge in [0.15, 0.2) is 0 Å². The standard InChI is InChI=1S/C50H36S/c1-49(2)42-11-7-5-9-35(42)36-21-19-33(27-43(36)49)34-20-23-38-37-22-18-32(26-44(37)50(3,4)45(38)28-34)31-16-14-29-13-15-30-17-24-40-39-10-6-8-12-46(39)51-48(40)47(30)41(29)25-31/h5-28H,1-4H3. The first-order chi connectivity index (χ1) is 24.8. The minimum atomic E-state index is -0.115. The first-order valence-corrected chi connectivity index (χ1v) is 18.9. The molecule has 0 bridgehead atoms. The molecule has 8 aromatic carbocycles. The van der Waals surface area contributed by atoms with E-state index in [0.29, 0.717) is 0 Å². The topological polar surface area (TPSA) is 0 Å². The minimum Gasteiger partial charge on any atom is -0.135 e. The van der Waals surface area contributed by atoms with Gasteiger partial charge in [-0.1, -0.05) is 143 Å². The molecule has 0 amide bonds. The molecule has 1 heteroatoms. The summed E-state index contributed by atoms with van der Waals surface area (Å²) in [7, 11) is 0. The molecule has 0 aliphatic heterocycles. The highest BCUT2D eigenvalue weighted by Gasteiger charge is 2.37. The Bertz CT molecular complexity index is 2970. The van der Waals surface area contributed by atoms with Gasteiger partial charge in [-0.25, -0.2) is 0 Å². The molecule has 0 radical (unpaired) electrons. The van der Waals surface area contributed by atoms with Crippen LogP contribution in [0.4, 0.5) is 0 Å². The van der Waals surface area contributed by atoms with Crippen molar-refractivity contribution >= 4 is 53.1 Å². The van der Waals surface area contributed by atoms with Crippen LogP contribution >= 0.6 is 11.3 Å². The van der Waals surface area contributed by atoms with Crippen molar-refractivity contribution < 1.29 is 0 Å². The van der Waals surface area contributed by atoms with Gasteiger partial charge in [-0.3, -0.25) is 0 Å². The van der Waals surface area contributed by atoms with Crippen LogP contribution in [-0.2, 0) is 10.8 Å². The Morgan fingerprint density at radius 1 is 0.373 bits per heavy atom. The van der Waals surface area contributed by atoms with Gasteiger partial charge in [0, 0.05) is 36.4 Å². The molecule has 1 aromatic heterocycles. The smallest absolute Gasteiger partial charge is 0.0440 e. The summed E-state index contributed by atoms with van der Waals surface area (Å²) in [5.41, 5.74) is 16.1. The molecule has 242 valence electrons. The van der Waals surface area contributed by atoms with Crippen LogP contribution in [0.25, 0.3) is 86.2 Å². The van der Waals surface area contributed by atoms with Gasteiger partial charge in [0.25, 0.3) is 0 Å². The SMILES string of the molecule is CC1(C)c2ccccc2-c2ccc(-c3ccc4c(c3)C(C)(C)c3cc(-c5ccc6ccc7ccc8c9ccccc9sc8c7c6c5)ccc3-4)cc21. The van der Waals surface area contributed by atoms with Crippen LogP contribution in [-0.4, -0.2) is 0 Å². The van der Waals surface area contributed by atoms with E-state index in [9.17, 15) is 0 Å². The van der Waals surface area contributed by atoms with E-state index in [1.807, 2.05) is 11.3 Å². The molecule has 0 saturated carbocycles. The zero-order valence-corrected chi connectivity index (χ0v) is 30.1. The Labute approximate surface area is 302 Å². The Morgan fingerprint density at radius 3 is 1.55 bits per heavy atom. The van der Waals surface area contributed by atoms with Crippen LogP contribution in [0.3, 0.4) is 0 Å². The normalized spacial score (nSPS) is 15.0. The highest BCUT2D eigenvalue weighted by Crippen LogP contribution is 2.53. The van der Waals surface area contributed by atoms with Gasteiger partial charge < -0.3 is 0 Å². The third kappa shape index (κ3) is 3.96. The van der Waals surface area contributed by atoms with Crippen molar-refractivity contribution in [1.29, 1.82) is 0 Å². The van der Waals surface area contributed by atoms with Crippen molar-refractivity contribution in [2.24, 2.45) is 0 Å². The van der Waals surface area contributed by atoms with Gasteiger partial charge in [-0.05, 0) is 113 Å². The maximum atomic E-state index is 2.46. The third-order valence-electron chi connectivity index (χ3n) is 12.3. The molecule has 0 atom stereocenters. The van der Waals surface area contributed by atoms with Gasteiger partial charge in [0.1, 0.15) is 0 Å². The molecule has 0 N–H and O–H groups in total. The van der Waals surface area contributed by atoms with E-state index >= 15 is 0 Å². The molecule has 11 rings (SSSR count). The molecule has 1 heterocycles. The van der Waals surface area contributed by atoms with E-state index in [1.54, 1.807) is 0 Å². The molecule has 0 fully saturated rings. The van der Waals surface area contributed by atoms with E-state index < -0.39 is 0 Å². The highest BCUT2D eigenvalue weighted by atomic mass is 32.1. The van der Waals surface area contributed by atoms with Crippen molar-refractivity contribution in [3.63, 3.8) is 0 Å². The Hall–Kier alpha value is -5.50. The lowest BCUT2D eigenvalue weighted by atomic mass is 9.80. The van der Waals surface area contributed by atoms with Gasteiger partial charge in [0.05, 0.1) is 0 Å². The molecule has 0 spiro atoms. The van der Waals surface area contributed by atoms with Crippen molar-refractivity contribution in [3.05, 3.63) is 168 Å². The molecular formula is C50H36S. The Morgan fingerprint density at radius 2 is 0.863 bits per heavy atom. The lowest BCUT2D eigenvalue weighted by Crippen LogP contribution is -2.15. The summed E-state index contributed by atoms with van der Waals surface area (Å²) in [5, 5.41) is 7.99. The highest BCUT2D eigenvalue weighted by molar-refractivity contribution is 7.26. The van der Waals surface area contributed by atoms with Crippen LogP contribution in [0.5, 0.6) is 0 Å². The largest absolute Gasteiger partial charge is 0.135 e. The van der Waals surface area contributed by atoms with Crippen LogP contribution in [0.1, 0.15) is 49.9 Å². The number of thiophene rings is 1. The Kier molecular flexibility index (Phi) is 5.77. The fourth-order valence-electron chi connectivity index (χ4n) is 9.48. The second kappa shape index (κ2) is 10.1. The molecule has 9 aromatic rings. The predicted molar refractivity (Wildman–Crippen MR) is 220 cm³/mol. The van der Waals surface area contributed by atoms with Crippen molar-refractivity contribution in [2.75, 3.05) is 0 Å². The summed E-state index contributed by atoms with van der Waals surface area (Å²) < 4.78 is 2.73. The van der Waals surface area contributed by atoms with Gasteiger partial charge >= 0.3 is 0 Å². The zero-order chi connectivity index (χ0) is 34.2. The summed E-state index contributed by atoms with van der Waals surface area (Å²) in [6.45, 7) is 9.54. The first kappa shape index (κ1) is 29.3. The molecule has 0 saturated heterocycles. The second-order valence-corrected chi connectivity index (χ2v) is 16.8. The molecular weight excluding hydrogens is 633 g/mol. The van der Waals surface area contributed by atoms with E-state index in [0.717, 1.165) is 0 Å². The van der Waals surface area contributed by atoms with Gasteiger partial charge in [0.2, 0.25) is 0 Å². The summed E-state index contributed by atoms with van der Waals surface area (Å²) >= 11 is 1.92. The number of hydrogen-bond donors (Lipinski definition) is 0. The van der Waals surface area contributed by atoms with Crippen molar-refractivity contribution in [3.8, 4) is 44.5 Å². The molecule has 51 heavy (non-hydrogen) atoms. The molecule has 2 aliphatic rings. The maximum Gasteiger partial charge on any atom is 0.0440 e. The van der Waals surface area contributed by atoms with Gasteiger partial charge in [-0.2, -0.15) is 0 Å². The number of fused-ring (bicyclic) bond motifs is 13. The van der Waals surface area contributed by atoms with Crippen molar-refractivity contribution in [1.82, 2.24) is 0 Å². The zero-order valence-electron chi connectivity index (χ0n) is 29.3. The Balaban J connectivity index is 1.01. The summed E-state index contributed by atoms with van der Waals surface area (Å²) in [6.07, 6.45) is 0. The molecule has 0 nitrogen and oxygen atoms in total. The summed E-state index contributed by atoms with van der Waals surface area (Å²) in [6, 6.07) is 55.4. The van der Waals surface area contributed by atoms with E-state index in [-0.39, 0.29) is 10.8 Å². The fraction of sp³-hybridized carbons (Fsp3) is 0.120. The van der Waals surface area contributed by atoms with Crippen LogP contribution in [0.2, 0.25) is 0 Å². The number of benzene rings is 8. The number of rotatable bonds is 2. The van der Waals surface area contributed by atoms with Crippen LogP contribution in [0.15, 0.2) is 146 Å². The quantitative estimate of drug-likeness (QED) is 0.161. The van der Waals surface area contributed by atoms with E-state index in [1.165, 1.54) is 108 Å². The molecule has 0 unspecified atom stereocenters.